The molecule has 2 nitrogen and oxygen atoms in total. The normalized spacial score (nSPS) is 20.3. The Morgan fingerprint density at radius 3 is 2.62 bits per heavy atom. The van der Waals surface area contributed by atoms with Crippen molar-refractivity contribution in [1.82, 2.24) is 4.98 Å². The molecule has 1 saturated carbocycles. The summed E-state index contributed by atoms with van der Waals surface area (Å²) in [6, 6.07) is 0. The van der Waals surface area contributed by atoms with Crippen molar-refractivity contribution < 1.29 is 8.78 Å². The molecule has 0 radical (unpaired) electrons. The highest BCUT2D eigenvalue weighted by Crippen LogP contribution is 2.45. The lowest BCUT2D eigenvalue weighted by molar-refractivity contribution is 0.0213. The lowest BCUT2D eigenvalue weighted by atomic mass is 10.3. The molecule has 1 aromatic heterocycles. The van der Waals surface area contributed by atoms with E-state index < -0.39 is 11.5 Å². The van der Waals surface area contributed by atoms with Crippen LogP contribution in [0.2, 0.25) is 0 Å². The van der Waals surface area contributed by atoms with Crippen LogP contribution in [0.5, 0.6) is 0 Å². The van der Waals surface area contributed by atoms with Crippen LogP contribution in [-0.2, 0) is 11.5 Å². The number of rotatable bonds is 2. The maximum absolute atomic E-state index is 12.8. The van der Waals surface area contributed by atoms with Crippen LogP contribution in [0.1, 0.15) is 29.7 Å². The summed E-state index contributed by atoms with van der Waals surface area (Å²) in [6.07, 6.45) is 2.94. The zero-order valence-electron chi connectivity index (χ0n) is 7.18. The molecule has 1 aromatic rings. The Morgan fingerprint density at radius 2 is 2.23 bits per heavy atom. The Hall–Kier alpha value is -0.550. The molecule has 0 bridgehead atoms. The zero-order chi connectivity index (χ0) is 9.69. The summed E-state index contributed by atoms with van der Waals surface area (Å²) < 4.78 is 25.6. The maximum Gasteiger partial charge on any atom is 0.281 e. The Balaban J connectivity index is 2.29. The Labute approximate surface area is 78.8 Å². The van der Waals surface area contributed by atoms with Crippen molar-refractivity contribution in [1.29, 1.82) is 0 Å². The van der Waals surface area contributed by atoms with Gasteiger partial charge in [0.15, 0.2) is 0 Å². The molecule has 0 spiro atoms. The summed E-state index contributed by atoms with van der Waals surface area (Å²) >= 11 is 1.02. The molecule has 0 atom stereocenters. The van der Waals surface area contributed by atoms with Crippen molar-refractivity contribution >= 4 is 11.3 Å². The van der Waals surface area contributed by atoms with E-state index >= 15 is 0 Å². The average molecular weight is 204 g/mol. The molecular formula is C8H10F2N2S. The Bertz CT molecular complexity index is 305. The summed E-state index contributed by atoms with van der Waals surface area (Å²) in [7, 11) is 0. The average Bonchev–Trinajstić information content (AvgIpc) is 2.60. The first-order chi connectivity index (χ1) is 5.92. The molecule has 2 rings (SSSR count). The predicted octanol–water partition coefficient (Wildman–Crippen LogP) is 2.20. The van der Waals surface area contributed by atoms with E-state index in [0.29, 0.717) is 5.01 Å². The summed E-state index contributed by atoms with van der Waals surface area (Å²) in [4.78, 5) is 3.93. The van der Waals surface area contributed by atoms with Crippen molar-refractivity contribution in [2.24, 2.45) is 5.73 Å². The number of hydrogen-bond acceptors (Lipinski definition) is 3. The minimum atomic E-state index is -2.79. The monoisotopic (exact) mass is 204 g/mol. The fourth-order valence-electron chi connectivity index (χ4n) is 1.06. The summed E-state index contributed by atoms with van der Waals surface area (Å²) in [6.45, 7) is 0.875. The number of nitrogens with two attached hydrogens (primary N) is 1. The van der Waals surface area contributed by atoms with Crippen LogP contribution in [0.25, 0.3) is 0 Å². The number of nitrogens with zero attached hydrogens (tertiary/aromatic N) is 1. The second-order valence-electron chi connectivity index (χ2n) is 3.57. The van der Waals surface area contributed by atoms with Gasteiger partial charge in [-0.3, -0.25) is 0 Å². The van der Waals surface area contributed by atoms with Gasteiger partial charge in [0.25, 0.3) is 5.92 Å². The predicted molar refractivity (Wildman–Crippen MR) is 46.8 cm³/mol. The lowest BCUT2D eigenvalue weighted by Gasteiger charge is -2.05. The number of halogens is 2. The van der Waals surface area contributed by atoms with Crippen LogP contribution in [-0.4, -0.2) is 4.98 Å². The highest BCUT2D eigenvalue weighted by atomic mass is 32.1. The molecule has 0 aliphatic heterocycles. The quantitative estimate of drug-likeness (QED) is 0.802. The second kappa shape index (κ2) is 2.48. The summed E-state index contributed by atoms with van der Waals surface area (Å²) in [5.74, 6) is -2.79. The third-order valence-corrected chi connectivity index (χ3v) is 3.54. The van der Waals surface area contributed by atoms with E-state index in [-0.39, 0.29) is 4.88 Å². The van der Waals surface area contributed by atoms with Crippen LogP contribution in [0.3, 0.4) is 0 Å². The Kier molecular flexibility index (Phi) is 1.72. The van der Waals surface area contributed by atoms with Gasteiger partial charge in [0.1, 0.15) is 5.01 Å². The van der Waals surface area contributed by atoms with Crippen LogP contribution >= 0.6 is 11.3 Å². The van der Waals surface area contributed by atoms with Gasteiger partial charge >= 0.3 is 0 Å². The fraction of sp³-hybridized carbons (Fsp3) is 0.625. The van der Waals surface area contributed by atoms with Crippen LogP contribution < -0.4 is 5.73 Å². The first-order valence-corrected chi connectivity index (χ1v) is 4.87. The van der Waals surface area contributed by atoms with E-state index in [2.05, 4.69) is 4.98 Å². The van der Waals surface area contributed by atoms with Gasteiger partial charge in [0.2, 0.25) is 0 Å². The highest BCUT2D eigenvalue weighted by Gasteiger charge is 2.44. The van der Waals surface area contributed by atoms with Crippen molar-refractivity contribution in [3.05, 3.63) is 16.1 Å². The molecule has 0 amide bonds. The van der Waals surface area contributed by atoms with Gasteiger partial charge in [0.05, 0.1) is 10.4 Å². The molecule has 0 aromatic carbocycles. The van der Waals surface area contributed by atoms with Crippen molar-refractivity contribution in [3.63, 3.8) is 0 Å². The fourth-order valence-corrected chi connectivity index (χ4v) is 2.06. The molecular weight excluding hydrogens is 194 g/mol. The molecule has 0 unspecified atom stereocenters. The van der Waals surface area contributed by atoms with Crippen molar-refractivity contribution in [2.75, 3.05) is 0 Å². The standard InChI is InChI=1S/C8H10F2N2S/c1-7(9,10)5-4-12-6(13-5)8(11)2-3-8/h4H,2-3,11H2,1H3. The topological polar surface area (TPSA) is 38.9 Å². The summed E-state index contributed by atoms with van der Waals surface area (Å²) in [5.41, 5.74) is 5.43. The first kappa shape index (κ1) is 9.02. The minimum Gasteiger partial charge on any atom is -0.319 e. The largest absolute Gasteiger partial charge is 0.319 e. The third kappa shape index (κ3) is 1.58. The smallest absolute Gasteiger partial charge is 0.281 e. The van der Waals surface area contributed by atoms with Gasteiger partial charge in [-0.15, -0.1) is 11.3 Å². The van der Waals surface area contributed by atoms with Crippen LogP contribution in [0, 0.1) is 0 Å². The number of thiazole rings is 1. The van der Waals surface area contributed by atoms with Crippen molar-refractivity contribution in [2.45, 2.75) is 31.2 Å². The van der Waals surface area contributed by atoms with Gasteiger partial charge in [-0.2, -0.15) is 0 Å². The van der Waals surface area contributed by atoms with Gasteiger partial charge in [-0.05, 0) is 12.8 Å². The molecule has 1 fully saturated rings. The van der Waals surface area contributed by atoms with E-state index in [1.807, 2.05) is 0 Å². The second-order valence-corrected chi connectivity index (χ2v) is 4.60. The van der Waals surface area contributed by atoms with E-state index in [1.54, 1.807) is 0 Å². The van der Waals surface area contributed by atoms with E-state index in [4.69, 9.17) is 5.73 Å². The minimum absolute atomic E-state index is 0.000718. The van der Waals surface area contributed by atoms with E-state index in [9.17, 15) is 8.78 Å². The van der Waals surface area contributed by atoms with E-state index in [0.717, 1.165) is 31.1 Å². The zero-order valence-corrected chi connectivity index (χ0v) is 8.00. The maximum atomic E-state index is 12.8. The Morgan fingerprint density at radius 1 is 1.62 bits per heavy atom. The molecule has 1 aliphatic rings. The number of aromatic nitrogens is 1. The van der Waals surface area contributed by atoms with E-state index in [1.165, 1.54) is 6.20 Å². The van der Waals surface area contributed by atoms with Crippen LogP contribution in [0.15, 0.2) is 6.20 Å². The lowest BCUT2D eigenvalue weighted by Crippen LogP contribution is -2.17. The number of alkyl halides is 2. The number of hydrogen-bond donors (Lipinski definition) is 1. The third-order valence-electron chi connectivity index (χ3n) is 2.15. The highest BCUT2D eigenvalue weighted by molar-refractivity contribution is 7.11. The molecule has 13 heavy (non-hydrogen) atoms. The van der Waals surface area contributed by atoms with Gasteiger partial charge in [-0.25, -0.2) is 13.8 Å². The first-order valence-electron chi connectivity index (χ1n) is 4.05. The molecule has 1 aliphatic carbocycles. The van der Waals surface area contributed by atoms with Gasteiger partial charge in [-0.1, -0.05) is 0 Å². The molecule has 72 valence electrons. The molecule has 0 saturated heterocycles. The molecule has 5 heteroatoms. The van der Waals surface area contributed by atoms with Gasteiger partial charge < -0.3 is 5.73 Å². The van der Waals surface area contributed by atoms with Crippen LogP contribution in [0.4, 0.5) is 8.78 Å². The summed E-state index contributed by atoms with van der Waals surface area (Å²) in [5, 5.41) is 0.643. The molecule has 2 N–H and O–H groups in total. The SMILES string of the molecule is CC(F)(F)c1cnc(C2(N)CC2)s1. The van der Waals surface area contributed by atoms with Crippen molar-refractivity contribution in [3.8, 4) is 0 Å². The van der Waals surface area contributed by atoms with Gasteiger partial charge in [0, 0.05) is 13.1 Å². The molecule has 1 heterocycles.